The minimum absolute atomic E-state index is 0.160. The quantitative estimate of drug-likeness (QED) is 0.927. The van der Waals surface area contributed by atoms with Crippen molar-refractivity contribution in [3.63, 3.8) is 0 Å². The van der Waals surface area contributed by atoms with Gasteiger partial charge in [-0.25, -0.2) is 4.98 Å². The second kappa shape index (κ2) is 7.34. The molecule has 2 heterocycles. The van der Waals surface area contributed by atoms with Crippen LogP contribution in [0.5, 0.6) is 0 Å². The summed E-state index contributed by atoms with van der Waals surface area (Å²) in [5.41, 5.74) is 1.49. The van der Waals surface area contributed by atoms with Crippen LogP contribution in [0.1, 0.15) is 23.2 Å². The van der Waals surface area contributed by atoms with Gasteiger partial charge < -0.3 is 14.9 Å². The van der Waals surface area contributed by atoms with Crippen molar-refractivity contribution in [2.24, 2.45) is 5.92 Å². The van der Waals surface area contributed by atoms with Crippen LogP contribution < -0.4 is 4.90 Å². The first kappa shape index (κ1) is 17.0. The van der Waals surface area contributed by atoms with Crippen molar-refractivity contribution >= 4 is 23.4 Å². The van der Waals surface area contributed by atoms with Gasteiger partial charge in [-0.05, 0) is 37.1 Å². The molecule has 1 aromatic carbocycles. The Hall–Kier alpha value is -2.89. The molecular formula is C19H21N3O3. The van der Waals surface area contributed by atoms with E-state index < -0.39 is 11.9 Å². The van der Waals surface area contributed by atoms with Crippen molar-refractivity contribution in [3.8, 4) is 0 Å². The number of amides is 1. The van der Waals surface area contributed by atoms with Crippen LogP contribution in [0, 0.1) is 5.92 Å². The van der Waals surface area contributed by atoms with Crippen molar-refractivity contribution in [3.05, 3.63) is 54.2 Å². The van der Waals surface area contributed by atoms with Crippen LogP contribution in [-0.2, 0) is 4.79 Å². The highest BCUT2D eigenvalue weighted by molar-refractivity contribution is 5.94. The van der Waals surface area contributed by atoms with Crippen molar-refractivity contribution in [2.75, 3.05) is 25.0 Å². The van der Waals surface area contributed by atoms with Crippen molar-refractivity contribution in [1.82, 2.24) is 9.88 Å². The average Bonchev–Trinajstić information content (AvgIpc) is 2.67. The van der Waals surface area contributed by atoms with E-state index in [4.69, 9.17) is 5.11 Å². The molecule has 1 atom stereocenters. The van der Waals surface area contributed by atoms with Crippen LogP contribution in [0.15, 0.2) is 48.7 Å². The highest BCUT2D eigenvalue weighted by atomic mass is 16.4. The molecule has 0 radical (unpaired) electrons. The number of aliphatic carboxylic acids is 1. The standard InChI is InChI=1S/C19H21N3O3/c1-21(16-7-3-2-4-8-16)17-10-9-14(12-20-17)18(23)22-11-5-6-15(13-22)19(24)25/h2-4,7-10,12,15H,5-6,11,13H2,1H3,(H,24,25)/t15-/m0/s1. The van der Waals surface area contributed by atoms with Gasteiger partial charge in [0.1, 0.15) is 5.82 Å². The molecule has 0 unspecified atom stereocenters. The summed E-state index contributed by atoms with van der Waals surface area (Å²) in [5, 5.41) is 9.16. The Labute approximate surface area is 146 Å². The summed E-state index contributed by atoms with van der Waals surface area (Å²) in [6.07, 6.45) is 2.89. The van der Waals surface area contributed by atoms with Gasteiger partial charge in [-0.2, -0.15) is 0 Å². The maximum Gasteiger partial charge on any atom is 0.308 e. The minimum Gasteiger partial charge on any atom is -0.481 e. The molecule has 6 nitrogen and oxygen atoms in total. The summed E-state index contributed by atoms with van der Waals surface area (Å²) in [5.74, 6) is -0.734. The number of benzene rings is 1. The van der Waals surface area contributed by atoms with Crippen molar-refractivity contribution in [1.29, 1.82) is 0 Å². The lowest BCUT2D eigenvalue weighted by Gasteiger charge is -2.30. The number of hydrogen-bond donors (Lipinski definition) is 1. The Balaban J connectivity index is 1.71. The van der Waals surface area contributed by atoms with Crippen LogP contribution in [0.3, 0.4) is 0 Å². The van der Waals surface area contributed by atoms with E-state index in [1.807, 2.05) is 42.3 Å². The highest BCUT2D eigenvalue weighted by Gasteiger charge is 2.28. The van der Waals surface area contributed by atoms with Crippen molar-refractivity contribution < 1.29 is 14.7 Å². The molecule has 130 valence electrons. The van der Waals surface area contributed by atoms with Gasteiger partial charge >= 0.3 is 5.97 Å². The Bertz CT molecular complexity index is 746. The number of nitrogens with zero attached hydrogens (tertiary/aromatic N) is 3. The van der Waals surface area contributed by atoms with Crippen LogP contribution in [0.25, 0.3) is 0 Å². The number of carbonyl (C=O) groups excluding carboxylic acids is 1. The minimum atomic E-state index is -0.838. The molecule has 2 aromatic rings. The topological polar surface area (TPSA) is 73.7 Å². The van der Waals surface area contributed by atoms with E-state index in [9.17, 15) is 9.59 Å². The molecule has 1 aliphatic heterocycles. The number of aromatic nitrogens is 1. The molecule has 0 aliphatic carbocycles. The molecule has 1 amide bonds. The summed E-state index contributed by atoms with van der Waals surface area (Å²) >= 11 is 0. The summed E-state index contributed by atoms with van der Waals surface area (Å²) in [4.78, 5) is 31.7. The number of pyridine rings is 1. The fraction of sp³-hybridized carbons (Fsp3) is 0.316. The van der Waals surface area contributed by atoms with E-state index in [2.05, 4.69) is 4.98 Å². The van der Waals surface area contributed by atoms with Gasteiger partial charge in [0.2, 0.25) is 0 Å². The third-order valence-electron chi connectivity index (χ3n) is 4.54. The van der Waals surface area contributed by atoms with Gasteiger partial charge in [0.15, 0.2) is 0 Å². The molecule has 1 N–H and O–H groups in total. The monoisotopic (exact) mass is 339 g/mol. The Morgan fingerprint density at radius 2 is 1.96 bits per heavy atom. The van der Waals surface area contributed by atoms with Gasteiger partial charge in [-0.1, -0.05) is 18.2 Å². The predicted octanol–water partition coefficient (Wildman–Crippen LogP) is 2.79. The number of rotatable bonds is 4. The fourth-order valence-electron chi connectivity index (χ4n) is 3.04. The third-order valence-corrected chi connectivity index (χ3v) is 4.54. The number of hydrogen-bond acceptors (Lipinski definition) is 4. The zero-order valence-corrected chi connectivity index (χ0v) is 14.1. The summed E-state index contributed by atoms with van der Waals surface area (Å²) in [6.45, 7) is 0.855. The van der Waals surface area contributed by atoms with Gasteiger partial charge in [-0.15, -0.1) is 0 Å². The number of carbonyl (C=O) groups is 2. The average molecular weight is 339 g/mol. The van der Waals surface area contributed by atoms with Crippen molar-refractivity contribution in [2.45, 2.75) is 12.8 Å². The third kappa shape index (κ3) is 3.79. The molecular weight excluding hydrogens is 318 g/mol. The van der Waals surface area contributed by atoms with E-state index in [0.717, 1.165) is 11.5 Å². The second-order valence-electron chi connectivity index (χ2n) is 6.23. The summed E-state index contributed by atoms with van der Waals surface area (Å²) in [7, 11) is 1.92. The zero-order chi connectivity index (χ0) is 17.8. The number of para-hydroxylation sites is 1. The molecule has 6 heteroatoms. The first-order chi connectivity index (χ1) is 12.1. The Morgan fingerprint density at radius 3 is 2.60 bits per heavy atom. The van der Waals surface area contributed by atoms with Gasteiger partial charge in [0, 0.05) is 32.0 Å². The molecule has 0 spiro atoms. The Kier molecular flexibility index (Phi) is 4.97. The second-order valence-corrected chi connectivity index (χ2v) is 6.23. The smallest absolute Gasteiger partial charge is 0.308 e. The van der Waals surface area contributed by atoms with Crippen LogP contribution >= 0.6 is 0 Å². The van der Waals surface area contributed by atoms with Gasteiger partial charge in [0.05, 0.1) is 11.5 Å². The SMILES string of the molecule is CN(c1ccccc1)c1ccc(C(=O)N2CCC[C@H](C(=O)O)C2)cn1. The lowest BCUT2D eigenvalue weighted by Crippen LogP contribution is -2.42. The first-order valence-corrected chi connectivity index (χ1v) is 8.33. The van der Waals surface area contributed by atoms with E-state index in [-0.39, 0.29) is 12.5 Å². The van der Waals surface area contributed by atoms with E-state index in [1.165, 1.54) is 0 Å². The predicted molar refractivity (Wildman–Crippen MR) is 95.0 cm³/mol. The number of carboxylic acid groups (broad SMARTS) is 1. The highest BCUT2D eigenvalue weighted by Crippen LogP contribution is 2.22. The number of carboxylic acids is 1. The van der Waals surface area contributed by atoms with Gasteiger partial charge in [0.25, 0.3) is 5.91 Å². The largest absolute Gasteiger partial charge is 0.481 e. The molecule has 0 saturated carbocycles. The molecule has 1 fully saturated rings. The fourth-order valence-corrected chi connectivity index (χ4v) is 3.04. The first-order valence-electron chi connectivity index (χ1n) is 8.33. The lowest BCUT2D eigenvalue weighted by atomic mass is 9.98. The summed E-state index contributed by atoms with van der Waals surface area (Å²) in [6, 6.07) is 13.4. The van der Waals surface area contributed by atoms with E-state index in [0.29, 0.717) is 24.9 Å². The summed E-state index contributed by atoms with van der Waals surface area (Å²) < 4.78 is 0. The molecule has 25 heavy (non-hydrogen) atoms. The number of likely N-dealkylation sites (tertiary alicyclic amines) is 1. The van der Waals surface area contributed by atoms with E-state index in [1.54, 1.807) is 23.2 Å². The van der Waals surface area contributed by atoms with Crippen LogP contribution in [0.2, 0.25) is 0 Å². The van der Waals surface area contributed by atoms with Gasteiger partial charge in [-0.3, -0.25) is 9.59 Å². The maximum absolute atomic E-state index is 12.6. The lowest BCUT2D eigenvalue weighted by molar-refractivity contribution is -0.143. The number of anilines is 2. The molecule has 1 saturated heterocycles. The molecule has 1 aliphatic rings. The normalized spacial score (nSPS) is 17.2. The molecule has 0 bridgehead atoms. The molecule has 3 rings (SSSR count). The maximum atomic E-state index is 12.6. The zero-order valence-electron chi connectivity index (χ0n) is 14.1. The van der Waals surface area contributed by atoms with Crippen LogP contribution in [-0.4, -0.2) is 47.0 Å². The Morgan fingerprint density at radius 1 is 1.20 bits per heavy atom. The van der Waals surface area contributed by atoms with Crippen LogP contribution in [0.4, 0.5) is 11.5 Å². The van der Waals surface area contributed by atoms with E-state index >= 15 is 0 Å². The molecule has 1 aromatic heterocycles. The number of piperidine rings is 1.